The van der Waals surface area contributed by atoms with Crippen molar-refractivity contribution in [1.29, 1.82) is 0 Å². The standard InChI is InChI=1S/C14H20N2O2/c1-14(2,18)12-5-3-4-11(10-12)13(17)16-8-6-15-7-9-16/h3-5,10,15,18H,6-9H2,1-2H3. The normalized spacial score (nSPS) is 16.7. The van der Waals surface area contributed by atoms with Gasteiger partial charge in [0.05, 0.1) is 5.60 Å². The van der Waals surface area contributed by atoms with Crippen molar-refractivity contribution < 1.29 is 9.90 Å². The van der Waals surface area contributed by atoms with E-state index in [4.69, 9.17) is 0 Å². The van der Waals surface area contributed by atoms with Gasteiger partial charge >= 0.3 is 0 Å². The summed E-state index contributed by atoms with van der Waals surface area (Å²) < 4.78 is 0. The van der Waals surface area contributed by atoms with Crippen LogP contribution < -0.4 is 5.32 Å². The number of hydrogen-bond donors (Lipinski definition) is 2. The summed E-state index contributed by atoms with van der Waals surface area (Å²) in [6.45, 7) is 6.62. The Labute approximate surface area is 108 Å². The molecule has 0 aromatic heterocycles. The number of nitrogens with one attached hydrogen (secondary N) is 1. The molecule has 0 bridgehead atoms. The lowest BCUT2D eigenvalue weighted by Gasteiger charge is -2.28. The molecule has 2 N–H and O–H groups in total. The molecular weight excluding hydrogens is 228 g/mol. The average molecular weight is 248 g/mol. The first-order valence-corrected chi connectivity index (χ1v) is 6.31. The minimum absolute atomic E-state index is 0.0441. The van der Waals surface area contributed by atoms with E-state index in [1.807, 2.05) is 17.0 Å². The Morgan fingerprint density at radius 2 is 2.00 bits per heavy atom. The Balaban J connectivity index is 2.20. The van der Waals surface area contributed by atoms with Crippen LogP contribution in [0.1, 0.15) is 29.8 Å². The summed E-state index contributed by atoms with van der Waals surface area (Å²) in [6, 6.07) is 7.25. The van der Waals surface area contributed by atoms with E-state index in [9.17, 15) is 9.90 Å². The number of rotatable bonds is 2. The fraction of sp³-hybridized carbons (Fsp3) is 0.500. The summed E-state index contributed by atoms with van der Waals surface area (Å²) in [5, 5.41) is 13.2. The zero-order chi connectivity index (χ0) is 13.2. The van der Waals surface area contributed by atoms with Crippen LogP contribution in [0.25, 0.3) is 0 Å². The van der Waals surface area contributed by atoms with E-state index >= 15 is 0 Å². The van der Waals surface area contributed by atoms with Gasteiger partial charge in [0.1, 0.15) is 0 Å². The van der Waals surface area contributed by atoms with Gasteiger partial charge in [0.25, 0.3) is 5.91 Å². The molecule has 4 heteroatoms. The zero-order valence-corrected chi connectivity index (χ0v) is 10.9. The molecule has 1 aliphatic rings. The SMILES string of the molecule is CC(C)(O)c1cccc(C(=O)N2CCNCC2)c1. The van der Waals surface area contributed by atoms with Crippen molar-refractivity contribution >= 4 is 5.91 Å². The molecule has 0 radical (unpaired) electrons. The van der Waals surface area contributed by atoms with Crippen LogP contribution in [0.15, 0.2) is 24.3 Å². The number of benzene rings is 1. The second-order valence-corrected chi connectivity index (χ2v) is 5.18. The molecule has 1 aliphatic heterocycles. The van der Waals surface area contributed by atoms with E-state index in [1.165, 1.54) is 0 Å². The molecule has 18 heavy (non-hydrogen) atoms. The lowest BCUT2D eigenvalue weighted by atomic mass is 9.96. The van der Waals surface area contributed by atoms with Crippen molar-refractivity contribution in [3.05, 3.63) is 35.4 Å². The van der Waals surface area contributed by atoms with Gasteiger partial charge in [-0.2, -0.15) is 0 Å². The molecular formula is C14H20N2O2. The van der Waals surface area contributed by atoms with Crippen LogP contribution >= 0.6 is 0 Å². The molecule has 1 heterocycles. The summed E-state index contributed by atoms with van der Waals surface area (Å²) in [6.07, 6.45) is 0. The van der Waals surface area contributed by atoms with Crippen molar-refractivity contribution in [3.8, 4) is 0 Å². The molecule has 0 saturated carbocycles. The predicted molar refractivity (Wildman–Crippen MR) is 70.5 cm³/mol. The molecule has 1 saturated heterocycles. The van der Waals surface area contributed by atoms with Gasteiger partial charge in [-0.05, 0) is 31.5 Å². The molecule has 0 spiro atoms. The second-order valence-electron chi connectivity index (χ2n) is 5.18. The maximum atomic E-state index is 12.3. The van der Waals surface area contributed by atoms with Gasteiger partial charge in [0.2, 0.25) is 0 Å². The number of amides is 1. The van der Waals surface area contributed by atoms with E-state index in [0.29, 0.717) is 5.56 Å². The first-order chi connectivity index (χ1) is 8.48. The van der Waals surface area contributed by atoms with E-state index in [2.05, 4.69) is 5.32 Å². The van der Waals surface area contributed by atoms with E-state index in [0.717, 1.165) is 31.7 Å². The van der Waals surface area contributed by atoms with Crippen molar-refractivity contribution in [2.45, 2.75) is 19.4 Å². The molecule has 0 aliphatic carbocycles. The molecule has 2 rings (SSSR count). The third-order valence-corrected chi connectivity index (χ3v) is 3.22. The van der Waals surface area contributed by atoms with Crippen LogP contribution in [0.4, 0.5) is 0 Å². The minimum atomic E-state index is -0.917. The van der Waals surface area contributed by atoms with Crippen LogP contribution in [0, 0.1) is 0 Å². The molecule has 0 unspecified atom stereocenters. The Morgan fingerprint density at radius 3 is 2.61 bits per heavy atom. The van der Waals surface area contributed by atoms with Gasteiger partial charge in [0.15, 0.2) is 0 Å². The highest BCUT2D eigenvalue weighted by molar-refractivity contribution is 5.94. The number of aliphatic hydroxyl groups is 1. The van der Waals surface area contributed by atoms with Gasteiger partial charge in [-0.1, -0.05) is 12.1 Å². The molecule has 1 aromatic carbocycles. The van der Waals surface area contributed by atoms with Gasteiger partial charge in [0, 0.05) is 31.7 Å². The third-order valence-electron chi connectivity index (χ3n) is 3.22. The fourth-order valence-corrected chi connectivity index (χ4v) is 2.08. The van der Waals surface area contributed by atoms with E-state index in [-0.39, 0.29) is 5.91 Å². The van der Waals surface area contributed by atoms with Crippen LogP contribution in [0.5, 0.6) is 0 Å². The van der Waals surface area contributed by atoms with Gasteiger partial charge in [-0.3, -0.25) is 4.79 Å². The summed E-state index contributed by atoms with van der Waals surface area (Å²) in [4.78, 5) is 14.1. The Kier molecular flexibility index (Phi) is 3.68. The first-order valence-electron chi connectivity index (χ1n) is 6.31. The largest absolute Gasteiger partial charge is 0.386 e. The topological polar surface area (TPSA) is 52.6 Å². The minimum Gasteiger partial charge on any atom is -0.386 e. The lowest BCUT2D eigenvalue weighted by Crippen LogP contribution is -2.46. The van der Waals surface area contributed by atoms with E-state index < -0.39 is 5.60 Å². The molecule has 1 amide bonds. The highest BCUT2D eigenvalue weighted by Crippen LogP contribution is 2.21. The van der Waals surface area contributed by atoms with Crippen molar-refractivity contribution in [3.63, 3.8) is 0 Å². The summed E-state index contributed by atoms with van der Waals surface area (Å²) in [5.41, 5.74) is 0.500. The van der Waals surface area contributed by atoms with Gasteiger partial charge in [-0.25, -0.2) is 0 Å². The number of carbonyl (C=O) groups excluding carboxylic acids is 1. The number of hydrogen-bond acceptors (Lipinski definition) is 3. The fourth-order valence-electron chi connectivity index (χ4n) is 2.08. The molecule has 1 fully saturated rings. The molecule has 98 valence electrons. The van der Waals surface area contributed by atoms with E-state index in [1.54, 1.807) is 26.0 Å². The highest BCUT2D eigenvalue weighted by Gasteiger charge is 2.21. The molecule has 4 nitrogen and oxygen atoms in total. The molecule has 1 aromatic rings. The number of piperazine rings is 1. The van der Waals surface area contributed by atoms with Gasteiger partial charge in [-0.15, -0.1) is 0 Å². The quantitative estimate of drug-likeness (QED) is 0.819. The Hall–Kier alpha value is -1.39. The van der Waals surface area contributed by atoms with Crippen molar-refractivity contribution in [1.82, 2.24) is 10.2 Å². The maximum absolute atomic E-state index is 12.3. The number of carbonyl (C=O) groups is 1. The molecule has 0 atom stereocenters. The van der Waals surface area contributed by atoms with Crippen molar-refractivity contribution in [2.24, 2.45) is 0 Å². The predicted octanol–water partition coefficient (Wildman–Crippen LogP) is 0.959. The monoisotopic (exact) mass is 248 g/mol. The highest BCUT2D eigenvalue weighted by atomic mass is 16.3. The maximum Gasteiger partial charge on any atom is 0.253 e. The van der Waals surface area contributed by atoms with Crippen LogP contribution in [-0.4, -0.2) is 42.1 Å². The summed E-state index contributed by atoms with van der Waals surface area (Å²) >= 11 is 0. The summed E-state index contributed by atoms with van der Waals surface area (Å²) in [5.74, 6) is 0.0441. The zero-order valence-electron chi connectivity index (χ0n) is 10.9. The average Bonchev–Trinajstić information content (AvgIpc) is 2.38. The third kappa shape index (κ3) is 2.89. The lowest BCUT2D eigenvalue weighted by molar-refractivity contribution is 0.0729. The van der Waals surface area contributed by atoms with Crippen molar-refractivity contribution in [2.75, 3.05) is 26.2 Å². The first kappa shape index (κ1) is 13.1. The summed E-state index contributed by atoms with van der Waals surface area (Å²) in [7, 11) is 0. The number of nitrogens with zero attached hydrogens (tertiary/aromatic N) is 1. The van der Waals surface area contributed by atoms with Crippen LogP contribution in [0.2, 0.25) is 0 Å². The van der Waals surface area contributed by atoms with Crippen LogP contribution in [-0.2, 0) is 5.60 Å². The van der Waals surface area contributed by atoms with Gasteiger partial charge < -0.3 is 15.3 Å². The Bertz CT molecular complexity index is 432. The smallest absolute Gasteiger partial charge is 0.253 e. The second kappa shape index (κ2) is 5.08. The van der Waals surface area contributed by atoms with Crippen LogP contribution in [0.3, 0.4) is 0 Å². The Morgan fingerprint density at radius 1 is 1.33 bits per heavy atom.